The number of benzene rings is 1. The summed E-state index contributed by atoms with van der Waals surface area (Å²) in [6.45, 7) is 0.213. The second-order valence-corrected chi connectivity index (χ2v) is 2.66. The van der Waals surface area contributed by atoms with E-state index < -0.39 is 0 Å². The van der Waals surface area contributed by atoms with Crippen molar-refractivity contribution in [3.05, 3.63) is 23.8 Å². The van der Waals surface area contributed by atoms with Crippen molar-refractivity contribution >= 4 is 18.2 Å². The summed E-state index contributed by atoms with van der Waals surface area (Å²) in [7, 11) is 1.66. The molecule has 5 heteroatoms. The second kappa shape index (κ2) is 5.47. The minimum Gasteiger partial charge on any atom is -0.504 e. The molecule has 0 saturated carbocycles. The van der Waals surface area contributed by atoms with Gasteiger partial charge in [0, 0.05) is 5.56 Å². The summed E-state index contributed by atoms with van der Waals surface area (Å²) in [5, 5.41) is 20.8. The summed E-state index contributed by atoms with van der Waals surface area (Å²) in [5.74, 6) is -0.624. The number of rotatable bonds is 3. The van der Waals surface area contributed by atoms with Crippen molar-refractivity contribution in [3.8, 4) is 11.5 Å². The van der Waals surface area contributed by atoms with Gasteiger partial charge in [-0.05, 0) is 25.2 Å². The highest BCUT2D eigenvalue weighted by molar-refractivity contribution is 5.98. The third kappa shape index (κ3) is 2.90. The maximum Gasteiger partial charge on any atom is 0.176 e. The molecule has 0 saturated heterocycles. The molecule has 3 N–H and O–H groups in total. The molecule has 0 aromatic heterocycles. The van der Waals surface area contributed by atoms with Gasteiger partial charge in [0.25, 0.3) is 0 Å². The lowest BCUT2D eigenvalue weighted by Crippen LogP contribution is -2.18. The number of aromatic hydroxyl groups is 2. The molecule has 4 nitrogen and oxygen atoms in total. The average Bonchev–Trinajstić information content (AvgIpc) is 2.10. The first-order valence-corrected chi connectivity index (χ1v) is 3.85. The molecule has 0 atom stereocenters. The topological polar surface area (TPSA) is 69.6 Å². The van der Waals surface area contributed by atoms with Crippen LogP contribution in [-0.2, 0) is 0 Å². The van der Waals surface area contributed by atoms with E-state index in [1.165, 1.54) is 18.2 Å². The molecule has 0 aliphatic rings. The largest absolute Gasteiger partial charge is 0.504 e. The van der Waals surface area contributed by atoms with Crippen molar-refractivity contribution in [3.63, 3.8) is 0 Å². The van der Waals surface area contributed by atoms with Crippen LogP contribution in [0, 0.1) is 0 Å². The Kier molecular flexibility index (Phi) is 4.97. The molecule has 0 spiro atoms. The maximum absolute atomic E-state index is 11.3. The second-order valence-electron chi connectivity index (χ2n) is 2.66. The van der Waals surface area contributed by atoms with Gasteiger partial charge >= 0.3 is 0 Å². The van der Waals surface area contributed by atoms with Crippen LogP contribution in [0.25, 0.3) is 0 Å². The molecule has 1 aromatic carbocycles. The zero-order chi connectivity index (χ0) is 9.84. The molecular weight excluding hydrogens is 206 g/mol. The molecule has 0 bridgehead atoms. The molecule has 0 fully saturated rings. The van der Waals surface area contributed by atoms with Crippen LogP contribution < -0.4 is 5.32 Å². The summed E-state index contributed by atoms with van der Waals surface area (Å²) in [4.78, 5) is 11.3. The van der Waals surface area contributed by atoms with E-state index in [4.69, 9.17) is 10.2 Å². The number of carbonyl (C=O) groups excluding carboxylic acids is 1. The van der Waals surface area contributed by atoms with Crippen LogP contribution in [0.2, 0.25) is 0 Å². The van der Waals surface area contributed by atoms with Gasteiger partial charge in [-0.2, -0.15) is 0 Å². The average molecular weight is 218 g/mol. The van der Waals surface area contributed by atoms with Crippen molar-refractivity contribution in [2.24, 2.45) is 0 Å². The van der Waals surface area contributed by atoms with Gasteiger partial charge in [0.1, 0.15) is 0 Å². The van der Waals surface area contributed by atoms with E-state index in [1.807, 2.05) is 0 Å². The minimum absolute atomic E-state index is 0. The fourth-order valence-corrected chi connectivity index (χ4v) is 0.960. The standard InChI is InChI=1S/C9H11NO3.ClH/c1-10-5-9(13)6-2-3-7(11)8(12)4-6;/h2-4,10-12H,5H2,1H3;1H. The van der Waals surface area contributed by atoms with Crippen LogP contribution in [-0.4, -0.2) is 29.6 Å². The number of Topliss-reactive ketones (excluding diaryl/α,β-unsaturated/α-hetero) is 1. The van der Waals surface area contributed by atoms with Crippen molar-refractivity contribution < 1.29 is 15.0 Å². The first-order chi connectivity index (χ1) is 6.15. The van der Waals surface area contributed by atoms with E-state index in [9.17, 15) is 4.79 Å². The molecule has 1 rings (SSSR count). The smallest absolute Gasteiger partial charge is 0.176 e. The summed E-state index contributed by atoms with van der Waals surface area (Å²) < 4.78 is 0. The zero-order valence-corrected chi connectivity index (χ0v) is 8.47. The Morgan fingerprint density at radius 3 is 2.50 bits per heavy atom. The molecule has 78 valence electrons. The number of ketones is 1. The summed E-state index contributed by atoms with van der Waals surface area (Å²) in [6.07, 6.45) is 0. The molecular formula is C9H12ClNO3. The quantitative estimate of drug-likeness (QED) is 0.520. The molecule has 1 aromatic rings. The monoisotopic (exact) mass is 217 g/mol. The van der Waals surface area contributed by atoms with E-state index in [0.29, 0.717) is 5.56 Å². The van der Waals surface area contributed by atoms with Crippen LogP contribution in [0.3, 0.4) is 0 Å². The van der Waals surface area contributed by atoms with Gasteiger partial charge in [0.05, 0.1) is 6.54 Å². The van der Waals surface area contributed by atoms with E-state index in [1.54, 1.807) is 7.05 Å². The van der Waals surface area contributed by atoms with E-state index in [0.717, 1.165) is 0 Å². The predicted molar refractivity (Wildman–Crippen MR) is 55.3 cm³/mol. The van der Waals surface area contributed by atoms with Crippen LogP contribution in [0.15, 0.2) is 18.2 Å². The Hall–Kier alpha value is -1.26. The van der Waals surface area contributed by atoms with E-state index >= 15 is 0 Å². The highest BCUT2D eigenvalue weighted by Gasteiger charge is 2.07. The van der Waals surface area contributed by atoms with Crippen molar-refractivity contribution in [1.82, 2.24) is 5.32 Å². The highest BCUT2D eigenvalue weighted by atomic mass is 35.5. The SMILES string of the molecule is CNCC(=O)c1ccc(O)c(O)c1.Cl. The summed E-state index contributed by atoms with van der Waals surface area (Å²) >= 11 is 0. The Morgan fingerprint density at radius 1 is 1.36 bits per heavy atom. The number of likely N-dealkylation sites (N-methyl/N-ethyl adjacent to an activating group) is 1. The van der Waals surface area contributed by atoms with E-state index in [-0.39, 0.29) is 36.2 Å². The zero-order valence-electron chi connectivity index (χ0n) is 7.65. The normalized spacial score (nSPS) is 9.21. The molecule has 0 heterocycles. The molecule has 0 amide bonds. The highest BCUT2D eigenvalue weighted by Crippen LogP contribution is 2.24. The van der Waals surface area contributed by atoms with Gasteiger partial charge in [-0.15, -0.1) is 12.4 Å². The Balaban J connectivity index is 0.00000169. The Bertz CT molecular complexity index is 328. The van der Waals surface area contributed by atoms with Gasteiger partial charge in [-0.25, -0.2) is 0 Å². The molecule has 0 aliphatic carbocycles. The van der Waals surface area contributed by atoms with Crippen LogP contribution in [0.1, 0.15) is 10.4 Å². The summed E-state index contributed by atoms with van der Waals surface area (Å²) in [5.41, 5.74) is 0.379. The maximum atomic E-state index is 11.3. The van der Waals surface area contributed by atoms with Crippen LogP contribution >= 0.6 is 12.4 Å². The summed E-state index contributed by atoms with van der Waals surface area (Å²) in [6, 6.07) is 4.00. The van der Waals surface area contributed by atoms with Crippen molar-refractivity contribution in [2.45, 2.75) is 0 Å². The lowest BCUT2D eigenvalue weighted by Gasteiger charge is -2.01. The van der Waals surface area contributed by atoms with Gasteiger partial charge in [-0.3, -0.25) is 4.79 Å². The Labute approximate surface area is 88.0 Å². The van der Waals surface area contributed by atoms with Gasteiger partial charge in [-0.1, -0.05) is 0 Å². The number of halogens is 1. The molecule has 0 unspecified atom stereocenters. The number of carbonyl (C=O) groups is 1. The third-order valence-electron chi connectivity index (χ3n) is 1.63. The number of nitrogens with one attached hydrogen (secondary N) is 1. The van der Waals surface area contributed by atoms with E-state index in [2.05, 4.69) is 5.32 Å². The first kappa shape index (κ1) is 12.7. The molecule has 14 heavy (non-hydrogen) atoms. The minimum atomic E-state index is -0.276. The fraction of sp³-hybridized carbons (Fsp3) is 0.222. The van der Waals surface area contributed by atoms with Gasteiger partial charge < -0.3 is 15.5 Å². The third-order valence-corrected chi connectivity index (χ3v) is 1.63. The lowest BCUT2D eigenvalue weighted by molar-refractivity contribution is 0.0993. The molecule has 0 aliphatic heterocycles. The predicted octanol–water partition coefficient (Wildman–Crippen LogP) is 0.922. The number of hydrogen-bond acceptors (Lipinski definition) is 4. The first-order valence-electron chi connectivity index (χ1n) is 3.85. The Morgan fingerprint density at radius 2 is 2.00 bits per heavy atom. The van der Waals surface area contributed by atoms with Crippen molar-refractivity contribution in [1.29, 1.82) is 0 Å². The lowest BCUT2D eigenvalue weighted by atomic mass is 10.1. The van der Waals surface area contributed by atoms with Crippen LogP contribution in [0.4, 0.5) is 0 Å². The van der Waals surface area contributed by atoms with Crippen LogP contribution in [0.5, 0.6) is 11.5 Å². The molecule has 0 radical (unpaired) electrons. The fourth-order valence-electron chi connectivity index (χ4n) is 0.960. The number of phenols is 2. The number of phenolic OH excluding ortho intramolecular Hbond substituents is 2. The number of hydrogen-bond donors (Lipinski definition) is 3. The van der Waals surface area contributed by atoms with Gasteiger partial charge in [0.2, 0.25) is 0 Å². The van der Waals surface area contributed by atoms with Gasteiger partial charge in [0.15, 0.2) is 17.3 Å². The van der Waals surface area contributed by atoms with Crippen molar-refractivity contribution in [2.75, 3.05) is 13.6 Å².